The largest absolute Gasteiger partial charge is 0.480 e. The molecule has 7 heteroatoms. The zero-order valence-electron chi connectivity index (χ0n) is 11.4. The summed E-state index contributed by atoms with van der Waals surface area (Å²) in [5.41, 5.74) is 0.959. The maximum atomic E-state index is 11.9. The van der Waals surface area contributed by atoms with E-state index >= 15 is 0 Å². The number of carboxylic acid groups (broad SMARTS) is 1. The van der Waals surface area contributed by atoms with Crippen molar-refractivity contribution < 1.29 is 23.1 Å². The molecule has 0 heterocycles. The molecular formula is C13H19NO5S. The van der Waals surface area contributed by atoms with Crippen molar-refractivity contribution in [1.82, 2.24) is 4.72 Å². The van der Waals surface area contributed by atoms with Crippen LogP contribution in [0.4, 0.5) is 0 Å². The molecule has 0 bridgehead atoms. The Hall–Kier alpha value is -1.44. The Morgan fingerprint density at radius 2 is 1.95 bits per heavy atom. The number of rotatable bonds is 8. The Balaban J connectivity index is 2.65. The second kappa shape index (κ2) is 7.37. The first kappa shape index (κ1) is 16.6. The van der Waals surface area contributed by atoms with E-state index in [1.165, 1.54) is 14.0 Å². The second-order valence-electron chi connectivity index (χ2n) is 4.51. The first-order valence-electron chi connectivity index (χ1n) is 6.13. The first-order chi connectivity index (χ1) is 9.34. The van der Waals surface area contributed by atoms with Gasteiger partial charge in [-0.3, -0.25) is 4.79 Å². The highest BCUT2D eigenvalue weighted by molar-refractivity contribution is 7.89. The van der Waals surface area contributed by atoms with E-state index in [9.17, 15) is 13.2 Å². The molecule has 1 rings (SSSR count). The van der Waals surface area contributed by atoms with E-state index in [1.54, 1.807) is 0 Å². The Labute approximate surface area is 118 Å². The summed E-state index contributed by atoms with van der Waals surface area (Å²) in [5.74, 6) is -1.50. The lowest BCUT2D eigenvalue weighted by Crippen LogP contribution is -2.42. The molecule has 0 aliphatic rings. The van der Waals surface area contributed by atoms with Gasteiger partial charge in [-0.15, -0.1) is 0 Å². The number of sulfonamides is 1. The van der Waals surface area contributed by atoms with E-state index in [4.69, 9.17) is 9.84 Å². The van der Waals surface area contributed by atoms with Gasteiger partial charge in [0.25, 0.3) is 0 Å². The standard InChI is InChI=1S/C13H19NO5S/c1-10(13(15)16)14-20(17,18)9-12(19-2)8-11-6-4-3-5-7-11/h3-7,10,12,14H,8-9H2,1-2H3,(H,15,16)/t10-,12?/m0/s1. The molecule has 2 N–H and O–H groups in total. The number of benzene rings is 1. The minimum Gasteiger partial charge on any atom is -0.480 e. The van der Waals surface area contributed by atoms with Gasteiger partial charge < -0.3 is 9.84 Å². The van der Waals surface area contributed by atoms with Crippen LogP contribution in [-0.4, -0.2) is 44.5 Å². The van der Waals surface area contributed by atoms with Gasteiger partial charge in [0.15, 0.2) is 0 Å². The predicted octanol–water partition coefficient (Wildman–Crippen LogP) is 0.637. The lowest BCUT2D eigenvalue weighted by Gasteiger charge is -2.17. The Kier molecular flexibility index (Phi) is 6.12. The number of aliphatic carboxylic acids is 1. The van der Waals surface area contributed by atoms with Gasteiger partial charge in [0.1, 0.15) is 6.04 Å². The van der Waals surface area contributed by atoms with Crippen LogP contribution >= 0.6 is 0 Å². The Bertz CT molecular complexity index is 529. The number of methoxy groups -OCH3 is 1. The van der Waals surface area contributed by atoms with Crippen molar-refractivity contribution in [3.8, 4) is 0 Å². The predicted molar refractivity (Wildman–Crippen MR) is 75.0 cm³/mol. The molecule has 1 unspecified atom stereocenters. The van der Waals surface area contributed by atoms with Crippen LogP contribution in [0.1, 0.15) is 12.5 Å². The molecule has 0 radical (unpaired) electrons. The third kappa shape index (κ3) is 5.68. The van der Waals surface area contributed by atoms with Crippen LogP contribution in [0, 0.1) is 0 Å². The molecule has 0 saturated carbocycles. The molecule has 0 saturated heterocycles. The summed E-state index contributed by atoms with van der Waals surface area (Å²) in [6, 6.07) is 8.20. The molecule has 6 nitrogen and oxygen atoms in total. The van der Waals surface area contributed by atoms with E-state index in [0.717, 1.165) is 5.56 Å². The molecule has 0 aromatic heterocycles. The quantitative estimate of drug-likeness (QED) is 0.735. The van der Waals surface area contributed by atoms with Crippen LogP contribution in [0.5, 0.6) is 0 Å². The highest BCUT2D eigenvalue weighted by Gasteiger charge is 2.23. The fourth-order valence-corrected chi connectivity index (χ4v) is 3.18. The number of ether oxygens (including phenoxy) is 1. The lowest BCUT2D eigenvalue weighted by molar-refractivity contribution is -0.138. The van der Waals surface area contributed by atoms with E-state index < -0.39 is 28.1 Å². The Morgan fingerprint density at radius 3 is 2.45 bits per heavy atom. The van der Waals surface area contributed by atoms with Crippen LogP contribution in [0.2, 0.25) is 0 Å². The first-order valence-corrected chi connectivity index (χ1v) is 7.79. The summed E-state index contributed by atoms with van der Waals surface area (Å²) in [6.45, 7) is 1.28. The van der Waals surface area contributed by atoms with Crippen LogP contribution in [-0.2, 0) is 26.0 Å². The van der Waals surface area contributed by atoms with Gasteiger partial charge in [0.2, 0.25) is 10.0 Å². The van der Waals surface area contributed by atoms with Crippen molar-refractivity contribution in [2.24, 2.45) is 0 Å². The fraction of sp³-hybridized carbons (Fsp3) is 0.462. The SMILES string of the molecule is COC(Cc1ccccc1)CS(=O)(=O)N[C@@H](C)C(=O)O. The van der Waals surface area contributed by atoms with Crippen molar-refractivity contribution >= 4 is 16.0 Å². The number of carbonyl (C=O) groups is 1. The molecule has 1 aromatic carbocycles. The van der Waals surface area contributed by atoms with Crippen LogP contribution in [0.15, 0.2) is 30.3 Å². The van der Waals surface area contributed by atoms with E-state index in [0.29, 0.717) is 6.42 Å². The molecule has 0 spiro atoms. The van der Waals surface area contributed by atoms with Gasteiger partial charge in [-0.2, -0.15) is 0 Å². The maximum absolute atomic E-state index is 11.9. The lowest BCUT2D eigenvalue weighted by atomic mass is 10.1. The number of hydrogen-bond acceptors (Lipinski definition) is 4. The van der Waals surface area contributed by atoms with Crippen molar-refractivity contribution in [1.29, 1.82) is 0 Å². The third-order valence-electron chi connectivity index (χ3n) is 2.77. The number of hydrogen-bond donors (Lipinski definition) is 2. The molecule has 112 valence electrons. The summed E-state index contributed by atoms with van der Waals surface area (Å²) >= 11 is 0. The van der Waals surface area contributed by atoms with Gasteiger partial charge in [-0.05, 0) is 18.9 Å². The topological polar surface area (TPSA) is 92.7 Å². The average molecular weight is 301 g/mol. The highest BCUT2D eigenvalue weighted by atomic mass is 32.2. The van der Waals surface area contributed by atoms with Gasteiger partial charge in [-0.1, -0.05) is 30.3 Å². The summed E-state index contributed by atoms with van der Waals surface area (Å²) in [7, 11) is -2.28. The summed E-state index contributed by atoms with van der Waals surface area (Å²) in [5, 5.41) is 8.71. The summed E-state index contributed by atoms with van der Waals surface area (Å²) in [4.78, 5) is 10.7. The van der Waals surface area contributed by atoms with Crippen LogP contribution in [0.25, 0.3) is 0 Å². The second-order valence-corrected chi connectivity index (χ2v) is 6.31. The molecule has 1 aromatic rings. The Morgan fingerprint density at radius 1 is 1.35 bits per heavy atom. The molecule has 0 aliphatic heterocycles. The van der Waals surface area contributed by atoms with Crippen molar-refractivity contribution in [3.05, 3.63) is 35.9 Å². The molecular weight excluding hydrogens is 282 g/mol. The minimum atomic E-state index is -3.71. The molecule has 20 heavy (non-hydrogen) atoms. The van der Waals surface area contributed by atoms with Gasteiger partial charge >= 0.3 is 5.97 Å². The molecule has 0 aliphatic carbocycles. The molecule has 0 amide bonds. The van der Waals surface area contributed by atoms with Crippen molar-refractivity contribution in [2.45, 2.75) is 25.5 Å². The summed E-state index contributed by atoms with van der Waals surface area (Å²) < 4.78 is 31.0. The zero-order chi connectivity index (χ0) is 15.2. The highest BCUT2D eigenvalue weighted by Crippen LogP contribution is 2.07. The smallest absolute Gasteiger partial charge is 0.321 e. The van der Waals surface area contributed by atoms with Gasteiger partial charge in [0, 0.05) is 7.11 Å². The monoisotopic (exact) mass is 301 g/mol. The number of carboxylic acids is 1. The minimum absolute atomic E-state index is 0.282. The summed E-state index contributed by atoms with van der Waals surface area (Å²) in [6.07, 6.45) is -0.0874. The van der Waals surface area contributed by atoms with Crippen molar-refractivity contribution in [2.75, 3.05) is 12.9 Å². The third-order valence-corrected chi connectivity index (χ3v) is 4.29. The normalized spacial score (nSPS) is 14.7. The average Bonchev–Trinajstić information content (AvgIpc) is 2.38. The van der Waals surface area contributed by atoms with E-state index in [2.05, 4.69) is 4.72 Å². The van der Waals surface area contributed by atoms with Crippen molar-refractivity contribution in [3.63, 3.8) is 0 Å². The molecule has 2 atom stereocenters. The zero-order valence-corrected chi connectivity index (χ0v) is 12.3. The molecule has 0 fully saturated rings. The number of nitrogens with one attached hydrogen (secondary N) is 1. The van der Waals surface area contributed by atoms with E-state index in [-0.39, 0.29) is 5.75 Å². The van der Waals surface area contributed by atoms with Crippen LogP contribution < -0.4 is 4.72 Å². The van der Waals surface area contributed by atoms with Gasteiger partial charge in [-0.25, -0.2) is 13.1 Å². The maximum Gasteiger partial charge on any atom is 0.321 e. The van der Waals surface area contributed by atoms with Crippen LogP contribution in [0.3, 0.4) is 0 Å². The van der Waals surface area contributed by atoms with E-state index in [1.807, 2.05) is 30.3 Å². The fourth-order valence-electron chi connectivity index (χ4n) is 1.70. The van der Waals surface area contributed by atoms with Gasteiger partial charge in [0.05, 0.1) is 11.9 Å².